The summed E-state index contributed by atoms with van der Waals surface area (Å²) in [7, 11) is 0. The van der Waals surface area contributed by atoms with Crippen molar-refractivity contribution in [3.8, 4) is 0 Å². The van der Waals surface area contributed by atoms with Gasteiger partial charge < -0.3 is 10.2 Å². The van der Waals surface area contributed by atoms with Crippen LogP contribution in [0.1, 0.15) is 87.0 Å². The second kappa shape index (κ2) is 11.8. The zero-order valence-electron chi connectivity index (χ0n) is 17.4. The van der Waals surface area contributed by atoms with Crippen LogP contribution in [0, 0.1) is 0 Å². The second-order valence-corrected chi connectivity index (χ2v) is 6.56. The molecule has 0 aromatic carbocycles. The summed E-state index contributed by atoms with van der Waals surface area (Å²) in [6.07, 6.45) is 7.20. The van der Waals surface area contributed by atoms with Crippen molar-refractivity contribution >= 4 is 0 Å². The lowest BCUT2D eigenvalue weighted by Gasteiger charge is -2.23. The molecule has 25 heavy (non-hydrogen) atoms. The Morgan fingerprint density at radius 2 is 1.36 bits per heavy atom. The van der Waals surface area contributed by atoms with E-state index in [-0.39, 0.29) is 5.76 Å². The van der Waals surface area contributed by atoms with E-state index in [1.165, 1.54) is 5.57 Å². The van der Waals surface area contributed by atoms with Gasteiger partial charge in [-0.15, -0.1) is 0 Å². The molecular weight excluding hydrogens is 308 g/mol. The molecule has 2 N–H and O–H groups in total. The minimum absolute atomic E-state index is 0.0390. The van der Waals surface area contributed by atoms with Crippen molar-refractivity contribution in [3.63, 3.8) is 0 Å². The molecular formula is C23H38O2. The molecule has 0 saturated carbocycles. The van der Waals surface area contributed by atoms with E-state index in [0.717, 1.165) is 54.4 Å². The van der Waals surface area contributed by atoms with Crippen molar-refractivity contribution in [1.82, 2.24) is 0 Å². The average molecular weight is 347 g/mol. The van der Waals surface area contributed by atoms with E-state index in [1.807, 2.05) is 13.8 Å². The first-order valence-corrected chi connectivity index (χ1v) is 9.66. The lowest BCUT2D eigenvalue weighted by molar-refractivity contribution is 0.384. The molecule has 142 valence electrons. The van der Waals surface area contributed by atoms with Gasteiger partial charge in [0.2, 0.25) is 0 Å². The summed E-state index contributed by atoms with van der Waals surface area (Å²) in [6, 6.07) is 0. The molecule has 0 atom stereocenters. The van der Waals surface area contributed by atoms with Crippen LogP contribution in [-0.2, 0) is 0 Å². The summed E-state index contributed by atoms with van der Waals surface area (Å²) < 4.78 is 0. The molecule has 0 rings (SSSR count). The highest BCUT2D eigenvalue weighted by atomic mass is 16.3. The Morgan fingerprint density at radius 3 is 1.72 bits per heavy atom. The Bertz CT molecular complexity index is 583. The van der Waals surface area contributed by atoms with Crippen LogP contribution in [0.2, 0.25) is 0 Å². The Kier molecular flexibility index (Phi) is 11.0. The molecule has 0 bridgehead atoms. The smallest absolute Gasteiger partial charge is 0.116 e. The number of allylic oxidation sites excluding steroid dienone is 7. The van der Waals surface area contributed by atoms with Gasteiger partial charge in [0.05, 0.1) is 0 Å². The fourth-order valence-electron chi connectivity index (χ4n) is 3.07. The van der Waals surface area contributed by atoms with Crippen LogP contribution >= 0.6 is 0 Å². The number of hydrogen-bond donors (Lipinski definition) is 2. The Morgan fingerprint density at radius 1 is 0.840 bits per heavy atom. The Hall–Kier alpha value is -1.70. The maximum absolute atomic E-state index is 10.8. The monoisotopic (exact) mass is 346 g/mol. The quantitative estimate of drug-likeness (QED) is 0.312. The third-order valence-electron chi connectivity index (χ3n) is 4.72. The number of aliphatic hydroxyl groups is 2. The van der Waals surface area contributed by atoms with Gasteiger partial charge in [-0.2, -0.15) is 0 Å². The highest BCUT2D eigenvalue weighted by Gasteiger charge is 2.23. The first-order chi connectivity index (χ1) is 11.8. The lowest BCUT2D eigenvalue weighted by Crippen LogP contribution is -2.08. The van der Waals surface area contributed by atoms with Gasteiger partial charge in [-0.1, -0.05) is 64.3 Å². The van der Waals surface area contributed by atoms with Crippen molar-refractivity contribution in [2.45, 2.75) is 87.0 Å². The molecule has 0 unspecified atom stereocenters. The molecule has 0 fully saturated rings. The van der Waals surface area contributed by atoms with E-state index >= 15 is 0 Å². The molecule has 2 nitrogen and oxygen atoms in total. The first kappa shape index (κ1) is 23.3. The molecule has 2 heteroatoms. The highest BCUT2D eigenvalue weighted by Crippen LogP contribution is 2.38. The molecule has 0 spiro atoms. The molecule has 0 heterocycles. The summed E-state index contributed by atoms with van der Waals surface area (Å²) in [5.41, 5.74) is 6.11. The van der Waals surface area contributed by atoms with Gasteiger partial charge in [0.1, 0.15) is 11.5 Å². The van der Waals surface area contributed by atoms with Crippen LogP contribution in [0.25, 0.3) is 0 Å². The number of rotatable bonds is 10. The zero-order valence-corrected chi connectivity index (χ0v) is 17.4. The van der Waals surface area contributed by atoms with Crippen LogP contribution in [0.4, 0.5) is 0 Å². The van der Waals surface area contributed by atoms with E-state index < -0.39 is 0 Å². The van der Waals surface area contributed by atoms with E-state index in [2.05, 4.69) is 47.3 Å². The normalized spacial score (nSPS) is 15.4. The summed E-state index contributed by atoms with van der Waals surface area (Å²) in [5, 5.41) is 21.3. The summed E-state index contributed by atoms with van der Waals surface area (Å²) in [6.45, 7) is 18.4. The van der Waals surface area contributed by atoms with Crippen molar-refractivity contribution in [2.24, 2.45) is 0 Å². The van der Waals surface area contributed by atoms with E-state index in [1.54, 1.807) is 0 Å². The van der Waals surface area contributed by atoms with Crippen LogP contribution in [-0.4, -0.2) is 10.2 Å². The SMILES string of the molecule is C=C(O)C(=C(CCC)\C(C)=C/C)/C(=C(\O)CC)C(/CCC)=C(\C)CC. The van der Waals surface area contributed by atoms with Crippen molar-refractivity contribution < 1.29 is 10.2 Å². The fourth-order valence-corrected chi connectivity index (χ4v) is 3.07. The van der Waals surface area contributed by atoms with Gasteiger partial charge in [-0.3, -0.25) is 0 Å². The third-order valence-corrected chi connectivity index (χ3v) is 4.72. The fraction of sp³-hybridized carbons (Fsp3) is 0.565. The van der Waals surface area contributed by atoms with Crippen LogP contribution in [0.5, 0.6) is 0 Å². The summed E-state index contributed by atoms with van der Waals surface area (Å²) in [4.78, 5) is 0. The standard InChI is InChI=1S/C23H38O2/c1-9-14-19(16(6)11-3)22(18(8)24)23(21(25)13-5)20(15-10-2)17(7)12-4/h11,24-25H,8-10,12-15H2,1-7H3/b16-11-,20-17+,22-19+,23-21-. The van der Waals surface area contributed by atoms with Crippen molar-refractivity contribution in [1.29, 1.82) is 0 Å². The average Bonchev–Trinajstić information content (AvgIpc) is 2.60. The minimum atomic E-state index is 0.0390. The molecule has 0 aliphatic carbocycles. The van der Waals surface area contributed by atoms with Crippen LogP contribution in [0.3, 0.4) is 0 Å². The van der Waals surface area contributed by atoms with Crippen LogP contribution in [0.15, 0.2) is 57.6 Å². The predicted molar refractivity (Wildman–Crippen MR) is 111 cm³/mol. The maximum atomic E-state index is 10.8. The van der Waals surface area contributed by atoms with E-state index in [4.69, 9.17) is 0 Å². The largest absolute Gasteiger partial charge is 0.512 e. The highest BCUT2D eigenvalue weighted by molar-refractivity contribution is 5.60. The molecule has 0 amide bonds. The van der Waals surface area contributed by atoms with E-state index in [9.17, 15) is 10.2 Å². The van der Waals surface area contributed by atoms with Crippen molar-refractivity contribution in [3.05, 3.63) is 57.6 Å². The summed E-state index contributed by atoms with van der Waals surface area (Å²) >= 11 is 0. The Labute approximate surface area is 155 Å². The number of hydrogen-bond acceptors (Lipinski definition) is 2. The molecule has 0 aromatic heterocycles. The van der Waals surface area contributed by atoms with Gasteiger partial charge in [-0.05, 0) is 51.2 Å². The Balaban J connectivity index is 7.02. The first-order valence-electron chi connectivity index (χ1n) is 9.66. The molecule has 0 saturated heterocycles. The lowest BCUT2D eigenvalue weighted by atomic mass is 9.83. The van der Waals surface area contributed by atoms with Gasteiger partial charge in [0.25, 0.3) is 0 Å². The molecule has 0 aliphatic heterocycles. The number of aliphatic hydroxyl groups excluding tert-OH is 2. The second-order valence-electron chi connectivity index (χ2n) is 6.56. The van der Waals surface area contributed by atoms with Crippen LogP contribution < -0.4 is 0 Å². The van der Waals surface area contributed by atoms with Gasteiger partial charge in [-0.25, -0.2) is 0 Å². The van der Waals surface area contributed by atoms with E-state index in [0.29, 0.717) is 17.8 Å². The topological polar surface area (TPSA) is 40.5 Å². The molecule has 0 radical (unpaired) electrons. The summed E-state index contributed by atoms with van der Waals surface area (Å²) in [5.74, 6) is 0.371. The molecule has 0 aliphatic rings. The predicted octanol–water partition coefficient (Wildman–Crippen LogP) is 7.87. The van der Waals surface area contributed by atoms with Gasteiger partial charge >= 0.3 is 0 Å². The zero-order chi connectivity index (χ0) is 19.6. The van der Waals surface area contributed by atoms with Gasteiger partial charge in [0.15, 0.2) is 0 Å². The third kappa shape index (κ3) is 6.26. The van der Waals surface area contributed by atoms with Gasteiger partial charge in [0, 0.05) is 17.6 Å². The molecule has 0 aromatic rings. The van der Waals surface area contributed by atoms with Crippen molar-refractivity contribution in [2.75, 3.05) is 0 Å². The minimum Gasteiger partial charge on any atom is -0.512 e. The maximum Gasteiger partial charge on any atom is 0.116 e.